The van der Waals surface area contributed by atoms with Crippen LogP contribution in [0.1, 0.15) is 33.6 Å². The van der Waals surface area contributed by atoms with Crippen molar-refractivity contribution in [1.82, 2.24) is 4.72 Å². The lowest BCUT2D eigenvalue weighted by atomic mass is 9.74. The fourth-order valence-corrected chi connectivity index (χ4v) is 7.67. The minimum atomic E-state index is -1.38. The number of halogens is 2. The maximum absolute atomic E-state index is 11.1. The molecule has 0 aromatic heterocycles. The van der Waals surface area contributed by atoms with Crippen LogP contribution in [-0.2, 0) is 9.47 Å². The van der Waals surface area contributed by atoms with Gasteiger partial charge in [-0.05, 0) is 33.2 Å². The molecule has 5 nitrogen and oxygen atoms in total. The minimum Gasteiger partial charge on any atom is -0.393 e. The summed E-state index contributed by atoms with van der Waals surface area (Å²) in [6, 6.07) is 0.723. The van der Waals surface area contributed by atoms with Crippen molar-refractivity contribution in [2.24, 2.45) is 5.92 Å². The molecular weight excluding hydrogens is 425 g/mol. The molecule has 0 aromatic rings. The second kappa shape index (κ2) is 8.98. The van der Waals surface area contributed by atoms with Crippen molar-refractivity contribution in [3.63, 3.8) is 0 Å². The van der Waals surface area contributed by atoms with Gasteiger partial charge in [0, 0.05) is 26.2 Å². The normalized spacial score (nSPS) is 34.3. The number of aliphatic hydroxyl groups is 2. The van der Waals surface area contributed by atoms with Crippen molar-refractivity contribution in [2.75, 3.05) is 5.75 Å². The smallest absolute Gasteiger partial charge is 0.163 e. The minimum absolute atomic E-state index is 0.171. The lowest BCUT2D eigenvalue weighted by molar-refractivity contribution is -0.152. The topological polar surface area (TPSA) is 71.0 Å². The zero-order chi connectivity index (χ0) is 20.6. The summed E-state index contributed by atoms with van der Waals surface area (Å²) in [6.45, 7) is 12.4. The molecule has 1 heterocycles. The Labute approximate surface area is 179 Å². The highest BCUT2D eigenvalue weighted by molar-refractivity contribution is 7.97. The SMILES string of the molecule is CC1(C)O[C@@H]2[C@@H]([C@@H](NSCC[Si](C)(C)C)[C@](C)(O)C(Cl)Cl)C[C@@H](O)C[C@H]2O1. The van der Waals surface area contributed by atoms with E-state index in [0.717, 1.165) is 11.8 Å². The third-order valence-corrected chi connectivity index (χ3v) is 9.18. The number of hydrogen-bond donors (Lipinski definition) is 3. The van der Waals surface area contributed by atoms with Crippen LogP contribution in [-0.4, -0.2) is 64.6 Å². The van der Waals surface area contributed by atoms with E-state index in [1.165, 1.54) is 0 Å². The second-order valence-corrected chi connectivity index (χ2v) is 17.4. The van der Waals surface area contributed by atoms with Crippen LogP contribution < -0.4 is 4.72 Å². The van der Waals surface area contributed by atoms with Crippen LogP contribution in [0.3, 0.4) is 0 Å². The highest BCUT2D eigenvalue weighted by atomic mass is 35.5. The second-order valence-electron chi connectivity index (χ2n) is 9.71. The van der Waals surface area contributed by atoms with Crippen LogP contribution in [0.15, 0.2) is 0 Å². The first-order valence-corrected chi connectivity index (χ1v) is 15.2. The lowest BCUT2D eigenvalue weighted by Gasteiger charge is -2.45. The molecule has 0 bridgehead atoms. The number of nitrogens with one attached hydrogen (secondary N) is 1. The molecule has 9 heteroatoms. The van der Waals surface area contributed by atoms with Crippen molar-refractivity contribution in [2.45, 2.75) is 99.9 Å². The van der Waals surface area contributed by atoms with E-state index in [9.17, 15) is 10.2 Å². The van der Waals surface area contributed by atoms with Crippen molar-refractivity contribution in [3.05, 3.63) is 0 Å². The van der Waals surface area contributed by atoms with Gasteiger partial charge >= 0.3 is 0 Å². The largest absolute Gasteiger partial charge is 0.393 e. The summed E-state index contributed by atoms with van der Waals surface area (Å²) in [5.41, 5.74) is -1.38. The predicted octanol–water partition coefficient (Wildman–Crippen LogP) is 3.78. The van der Waals surface area contributed by atoms with Gasteiger partial charge in [0.25, 0.3) is 0 Å². The molecule has 3 N–H and O–H groups in total. The van der Waals surface area contributed by atoms with Crippen LogP contribution >= 0.6 is 35.1 Å². The van der Waals surface area contributed by atoms with Crippen LogP contribution in [0.2, 0.25) is 25.7 Å². The van der Waals surface area contributed by atoms with Crippen LogP contribution in [0.5, 0.6) is 0 Å². The zero-order valence-corrected chi connectivity index (χ0v) is 20.5. The number of alkyl halides is 2. The number of rotatable bonds is 8. The highest BCUT2D eigenvalue weighted by Crippen LogP contribution is 2.44. The van der Waals surface area contributed by atoms with E-state index in [-0.39, 0.29) is 18.1 Å². The van der Waals surface area contributed by atoms with Gasteiger partial charge in [-0.15, -0.1) is 23.2 Å². The molecule has 27 heavy (non-hydrogen) atoms. The summed E-state index contributed by atoms with van der Waals surface area (Å²) in [5, 5.41) is 21.5. The Kier molecular flexibility index (Phi) is 8.05. The average molecular weight is 461 g/mol. The quantitative estimate of drug-likeness (QED) is 0.222. The van der Waals surface area contributed by atoms with E-state index in [4.69, 9.17) is 32.7 Å². The van der Waals surface area contributed by atoms with Crippen molar-refractivity contribution in [1.29, 1.82) is 0 Å². The Morgan fingerprint density at radius 3 is 2.44 bits per heavy atom. The standard InChI is InChI=1S/C18H35Cl2NO4SSi/c1-17(2)24-13-10-11(22)9-12(14(13)25-17)15(18(3,23)16(19)20)21-26-7-8-27(4,5)6/h11-16,21-23H,7-10H2,1-6H3/t11-,12+,13-,14-,15-,18+/m1/s1. The molecule has 160 valence electrons. The predicted molar refractivity (Wildman–Crippen MR) is 116 cm³/mol. The summed E-state index contributed by atoms with van der Waals surface area (Å²) in [4.78, 5) is -0.972. The molecule has 1 saturated carbocycles. The Balaban J connectivity index is 2.18. The molecule has 0 spiro atoms. The molecule has 0 aromatic carbocycles. The molecule has 2 rings (SSSR count). The number of aliphatic hydroxyl groups excluding tert-OH is 1. The summed E-state index contributed by atoms with van der Waals surface area (Å²) < 4.78 is 15.6. The van der Waals surface area contributed by atoms with Crippen molar-refractivity contribution >= 4 is 43.2 Å². The maximum Gasteiger partial charge on any atom is 0.163 e. The van der Waals surface area contributed by atoms with Gasteiger partial charge in [-0.1, -0.05) is 31.6 Å². The van der Waals surface area contributed by atoms with E-state index < -0.39 is 36.4 Å². The van der Waals surface area contributed by atoms with Gasteiger partial charge in [-0.2, -0.15) is 0 Å². The monoisotopic (exact) mass is 459 g/mol. The van der Waals surface area contributed by atoms with Gasteiger partial charge in [-0.25, -0.2) is 0 Å². The molecule has 1 aliphatic heterocycles. The molecule has 1 aliphatic carbocycles. The van der Waals surface area contributed by atoms with Crippen molar-refractivity contribution in [3.8, 4) is 0 Å². The van der Waals surface area contributed by atoms with Crippen molar-refractivity contribution < 1.29 is 19.7 Å². The van der Waals surface area contributed by atoms with Gasteiger partial charge in [0.15, 0.2) is 5.79 Å². The van der Waals surface area contributed by atoms with Gasteiger partial charge in [0.1, 0.15) is 10.4 Å². The number of fused-ring (bicyclic) bond motifs is 1. The highest BCUT2D eigenvalue weighted by Gasteiger charge is 2.55. The van der Waals surface area contributed by atoms with E-state index in [1.807, 2.05) is 13.8 Å². The molecule has 0 amide bonds. The van der Waals surface area contributed by atoms with Gasteiger partial charge < -0.3 is 19.7 Å². The van der Waals surface area contributed by atoms with E-state index in [0.29, 0.717) is 12.8 Å². The summed E-state index contributed by atoms with van der Waals surface area (Å²) in [6.07, 6.45) is 0.101. The van der Waals surface area contributed by atoms with E-state index >= 15 is 0 Å². The summed E-state index contributed by atoms with van der Waals surface area (Å²) >= 11 is 13.9. The van der Waals surface area contributed by atoms with Crippen LogP contribution in [0, 0.1) is 5.92 Å². The van der Waals surface area contributed by atoms with Gasteiger partial charge in [-0.3, -0.25) is 4.72 Å². The Morgan fingerprint density at radius 2 is 1.89 bits per heavy atom. The van der Waals surface area contributed by atoms with Gasteiger partial charge in [0.2, 0.25) is 0 Å². The molecule has 6 atom stereocenters. The molecule has 0 radical (unpaired) electrons. The number of hydrogen-bond acceptors (Lipinski definition) is 6. The summed E-state index contributed by atoms with van der Waals surface area (Å²) in [7, 11) is -1.15. The molecular formula is C18H35Cl2NO4SSi. The molecule has 0 unspecified atom stereocenters. The zero-order valence-electron chi connectivity index (χ0n) is 17.2. The molecule has 1 saturated heterocycles. The first-order valence-electron chi connectivity index (χ1n) is 9.64. The number of ether oxygens (including phenoxy) is 2. The third-order valence-electron chi connectivity index (χ3n) is 5.36. The van der Waals surface area contributed by atoms with Gasteiger partial charge in [0.05, 0.1) is 24.4 Å². The lowest BCUT2D eigenvalue weighted by Crippen LogP contribution is -2.60. The van der Waals surface area contributed by atoms with E-state index in [1.54, 1.807) is 18.9 Å². The fraction of sp³-hybridized carbons (Fsp3) is 1.00. The first-order chi connectivity index (χ1) is 12.2. The Bertz CT molecular complexity index is 504. The molecule has 2 fully saturated rings. The average Bonchev–Trinajstić information content (AvgIpc) is 2.79. The van der Waals surface area contributed by atoms with Crippen LogP contribution in [0.4, 0.5) is 0 Å². The fourth-order valence-electron chi connectivity index (χ4n) is 3.83. The summed E-state index contributed by atoms with van der Waals surface area (Å²) in [5.74, 6) is 0.0688. The first kappa shape index (κ1) is 24.2. The van der Waals surface area contributed by atoms with Crippen LogP contribution in [0.25, 0.3) is 0 Å². The Morgan fingerprint density at radius 1 is 1.26 bits per heavy atom. The molecule has 2 aliphatic rings. The maximum atomic E-state index is 11.1. The third kappa shape index (κ3) is 6.46. The Hall–Kier alpha value is 0.947. The van der Waals surface area contributed by atoms with E-state index in [2.05, 4.69) is 24.4 Å².